The smallest absolute Gasteiger partial charge is 0.227 e. The van der Waals surface area contributed by atoms with E-state index in [1.54, 1.807) is 0 Å². The molecule has 0 atom stereocenters. The van der Waals surface area contributed by atoms with Crippen molar-refractivity contribution in [1.82, 2.24) is 10.2 Å². The first-order valence-corrected chi connectivity index (χ1v) is 9.74. The molecule has 0 radical (unpaired) electrons. The lowest BCUT2D eigenvalue weighted by Crippen LogP contribution is -2.47. The third kappa shape index (κ3) is 4.78. The third-order valence-electron chi connectivity index (χ3n) is 5.44. The van der Waals surface area contributed by atoms with Crippen LogP contribution < -0.4 is 11.1 Å². The van der Waals surface area contributed by atoms with Crippen molar-refractivity contribution in [2.45, 2.75) is 46.1 Å². The van der Waals surface area contributed by atoms with Crippen molar-refractivity contribution in [2.75, 3.05) is 26.2 Å². The lowest BCUT2D eigenvalue weighted by atomic mass is 9.81. The van der Waals surface area contributed by atoms with E-state index in [1.807, 2.05) is 11.3 Å². The van der Waals surface area contributed by atoms with Gasteiger partial charge in [0.2, 0.25) is 5.91 Å². The van der Waals surface area contributed by atoms with E-state index in [4.69, 9.17) is 5.73 Å². The van der Waals surface area contributed by atoms with Gasteiger partial charge in [-0.2, -0.15) is 0 Å². The van der Waals surface area contributed by atoms with Gasteiger partial charge in [0.15, 0.2) is 0 Å². The number of nitrogens with one attached hydrogen (secondary N) is 1. The van der Waals surface area contributed by atoms with Crippen LogP contribution in [0.3, 0.4) is 0 Å². The molecule has 0 unspecified atom stereocenters. The molecule has 0 spiro atoms. The maximum atomic E-state index is 12.5. The number of nitrogens with two attached hydrogens (primary N) is 1. The highest BCUT2D eigenvalue weighted by Crippen LogP contribution is 2.26. The predicted octanol–water partition coefficient (Wildman–Crippen LogP) is 2.84. The van der Waals surface area contributed by atoms with Crippen molar-refractivity contribution in [3.63, 3.8) is 0 Å². The van der Waals surface area contributed by atoms with Crippen LogP contribution in [-0.2, 0) is 11.3 Å². The molecular weight excluding hydrogens is 306 g/mol. The molecule has 0 bridgehead atoms. The Kier molecular flexibility index (Phi) is 7.06. The lowest BCUT2D eigenvalue weighted by Gasteiger charge is -2.33. The highest BCUT2D eigenvalue weighted by molar-refractivity contribution is 7.09. The fourth-order valence-corrected chi connectivity index (χ4v) is 4.09. The molecule has 1 fully saturated rings. The molecule has 4 nitrogen and oxygen atoms in total. The molecule has 1 amide bonds. The molecule has 3 N–H and O–H groups in total. The summed E-state index contributed by atoms with van der Waals surface area (Å²) in [6.07, 6.45) is 3.95. The van der Waals surface area contributed by atoms with Crippen LogP contribution in [0.2, 0.25) is 0 Å². The second kappa shape index (κ2) is 8.81. The van der Waals surface area contributed by atoms with Gasteiger partial charge in [-0.3, -0.25) is 9.69 Å². The number of thiophene rings is 1. The number of hydrogen-bond donors (Lipinski definition) is 2. The minimum absolute atomic E-state index is 0.144. The zero-order valence-electron chi connectivity index (χ0n) is 14.5. The predicted molar refractivity (Wildman–Crippen MR) is 97.4 cm³/mol. The number of rotatable bonds is 8. The van der Waals surface area contributed by atoms with Crippen molar-refractivity contribution in [2.24, 2.45) is 17.1 Å². The maximum absolute atomic E-state index is 12.5. The van der Waals surface area contributed by atoms with E-state index < -0.39 is 0 Å². The molecule has 0 aromatic carbocycles. The summed E-state index contributed by atoms with van der Waals surface area (Å²) < 4.78 is 0. The molecule has 1 aromatic rings. The van der Waals surface area contributed by atoms with Crippen LogP contribution in [0.1, 0.15) is 44.4 Å². The summed E-state index contributed by atoms with van der Waals surface area (Å²) in [5.74, 6) is 0.744. The molecule has 1 aromatic heterocycles. The number of piperidine rings is 1. The Balaban J connectivity index is 1.73. The zero-order chi connectivity index (χ0) is 16.7. The number of amides is 1. The van der Waals surface area contributed by atoms with E-state index in [9.17, 15) is 4.79 Å². The van der Waals surface area contributed by atoms with Gasteiger partial charge in [-0.1, -0.05) is 19.9 Å². The van der Waals surface area contributed by atoms with Crippen molar-refractivity contribution in [1.29, 1.82) is 0 Å². The molecule has 2 rings (SSSR count). The van der Waals surface area contributed by atoms with Gasteiger partial charge < -0.3 is 11.1 Å². The van der Waals surface area contributed by atoms with Crippen LogP contribution in [0, 0.1) is 11.3 Å². The second-order valence-electron chi connectivity index (χ2n) is 6.70. The third-order valence-corrected chi connectivity index (χ3v) is 6.31. The SMILES string of the molecule is CCC(CC)(CN)C(=O)NCC1CCN(Cc2cccs2)CC1. The molecular formula is C18H31N3OS. The summed E-state index contributed by atoms with van der Waals surface area (Å²) in [6.45, 7) is 8.67. The minimum Gasteiger partial charge on any atom is -0.355 e. The van der Waals surface area contributed by atoms with Gasteiger partial charge in [0.25, 0.3) is 0 Å². The molecule has 1 aliphatic rings. The van der Waals surface area contributed by atoms with Gasteiger partial charge in [-0.25, -0.2) is 0 Å². The summed E-state index contributed by atoms with van der Waals surface area (Å²) in [5, 5.41) is 5.31. The van der Waals surface area contributed by atoms with Crippen LogP contribution in [0.4, 0.5) is 0 Å². The van der Waals surface area contributed by atoms with Gasteiger partial charge in [0.1, 0.15) is 0 Å². The zero-order valence-corrected chi connectivity index (χ0v) is 15.3. The monoisotopic (exact) mass is 337 g/mol. The molecule has 0 saturated carbocycles. The summed E-state index contributed by atoms with van der Waals surface area (Å²) in [6, 6.07) is 4.33. The number of carbonyl (C=O) groups is 1. The largest absolute Gasteiger partial charge is 0.355 e. The van der Waals surface area contributed by atoms with Crippen molar-refractivity contribution >= 4 is 17.2 Å². The molecule has 0 aliphatic carbocycles. The quantitative estimate of drug-likeness (QED) is 0.767. The van der Waals surface area contributed by atoms with Gasteiger partial charge in [-0.05, 0) is 56.1 Å². The Morgan fingerprint density at radius 2 is 2.09 bits per heavy atom. The van der Waals surface area contributed by atoms with E-state index in [0.29, 0.717) is 12.5 Å². The highest BCUT2D eigenvalue weighted by atomic mass is 32.1. The average Bonchev–Trinajstić information content (AvgIpc) is 3.09. The Bertz CT molecular complexity index is 454. The van der Waals surface area contributed by atoms with E-state index in [-0.39, 0.29) is 11.3 Å². The average molecular weight is 338 g/mol. The van der Waals surface area contributed by atoms with Gasteiger partial charge in [0, 0.05) is 24.5 Å². The van der Waals surface area contributed by atoms with Crippen molar-refractivity contribution in [3.8, 4) is 0 Å². The number of nitrogens with zero attached hydrogens (tertiary/aromatic N) is 1. The van der Waals surface area contributed by atoms with Crippen molar-refractivity contribution < 1.29 is 4.79 Å². The Morgan fingerprint density at radius 1 is 1.39 bits per heavy atom. The Labute approximate surface area is 144 Å². The molecule has 1 aliphatic heterocycles. The summed E-state index contributed by atoms with van der Waals surface area (Å²) in [4.78, 5) is 16.4. The normalized spacial score (nSPS) is 17.3. The fraction of sp³-hybridized carbons (Fsp3) is 0.722. The molecule has 2 heterocycles. The van der Waals surface area contributed by atoms with Gasteiger partial charge in [-0.15, -0.1) is 11.3 Å². The van der Waals surface area contributed by atoms with Crippen LogP contribution in [0.25, 0.3) is 0 Å². The van der Waals surface area contributed by atoms with Crippen molar-refractivity contribution in [3.05, 3.63) is 22.4 Å². The summed E-state index contributed by atoms with van der Waals surface area (Å²) >= 11 is 1.83. The van der Waals surface area contributed by atoms with Gasteiger partial charge in [0.05, 0.1) is 5.41 Å². The molecule has 1 saturated heterocycles. The van der Waals surface area contributed by atoms with Crippen LogP contribution in [0.5, 0.6) is 0 Å². The minimum atomic E-state index is -0.375. The highest BCUT2D eigenvalue weighted by Gasteiger charge is 2.33. The van der Waals surface area contributed by atoms with E-state index in [0.717, 1.165) is 39.0 Å². The summed E-state index contributed by atoms with van der Waals surface area (Å²) in [5.41, 5.74) is 5.48. The number of likely N-dealkylation sites (tertiary alicyclic amines) is 1. The van der Waals surface area contributed by atoms with E-state index >= 15 is 0 Å². The maximum Gasteiger partial charge on any atom is 0.227 e. The lowest BCUT2D eigenvalue weighted by molar-refractivity contribution is -0.131. The number of hydrogen-bond acceptors (Lipinski definition) is 4. The van der Waals surface area contributed by atoms with E-state index in [1.165, 1.54) is 17.7 Å². The Hall–Kier alpha value is -0.910. The molecule has 130 valence electrons. The molecule has 5 heteroatoms. The first-order valence-electron chi connectivity index (χ1n) is 8.86. The second-order valence-corrected chi connectivity index (χ2v) is 7.73. The first-order chi connectivity index (χ1) is 11.1. The fourth-order valence-electron chi connectivity index (χ4n) is 3.35. The van der Waals surface area contributed by atoms with E-state index in [2.05, 4.69) is 41.6 Å². The van der Waals surface area contributed by atoms with Crippen LogP contribution in [0.15, 0.2) is 17.5 Å². The van der Waals surface area contributed by atoms with Crippen LogP contribution >= 0.6 is 11.3 Å². The summed E-state index contributed by atoms with van der Waals surface area (Å²) in [7, 11) is 0. The topological polar surface area (TPSA) is 58.4 Å². The standard InChI is InChI=1S/C18H31N3OS/c1-3-18(4-2,14-19)17(22)20-12-15-7-9-21(10-8-15)13-16-6-5-11-23-16/h5-6,11,15H,3-4,7-10,12-14,19H2,1-2H3,(H,20,22). The first kappa shape index (κ1) is 18.4. The number of carbonyl (C=O) groups excluding carboxylic acids is 1. The van der Waals surface area contributed by atoms with Gasteiger partial charge >= 0.3 is 0 Å². The molecule has 23 heavy (non-hydrogen) atoms. The Morgan fingerprint density at radius 3 is 2.61 bits per heavy atom. The van der Waals surface area contributed by atoms with Crippen LogP contribution in [-0.4, -0.2) is 37.0 Å².